The van der Waals surface area contributed by atoms with Gasteiger partial charge in [-0.2, -0.15) is 0 Å². The minimum atomic E-state index is -0.895. The molecular formula is C22H24N2O2. The first-order valence-electron chi connectivity index (χ1n) is 9.28. The maximum atomic E-state index is 11.4. The molecule has 1 aliphatic carbocycles. The third-order valence-electron chi connectivity index (χ3n) is 5.72. The molecule has 1 aromatic heterocycles. The Morgan fingerprint density at radius 1 is 1.12 bits per heavy atom. The van der Waals surface area contributed by atoms with Gasteiger partial charge in [0.05, 0.1) is 11.3 Å². The largest absolute Gasteiger partial charge is 0.478 e. The second-order valence-corrected chi connectivity index (χ2v) is 7.28. The summed E-state index contributed by atoms with van der Waals surface area (Å²) in [5.74, 6) is -0.397. The lowest BCUT2D eigenvalue weighted by atomic mass is 9.81. The Labute approximate surface area is 153 Å². The third-order valence-corrected chi connectivity index (χ3v) is 5.72. The van der Waals surface area contributed by atoms with Crippen LogP contribution in [0.4, 0.5) is 5.69 Å². The highest BCUT2D eigenvalue weighted by molar-refractivity contribution is 5.99. The van der Waals surface area contributed by atoms with Crippen LogP contribution in [0.1, 0.15) is 53.9 Å². The third kappa shape index (κ3) is 2.66. The van der Waals surface area contributed by atoms with Crippen molar-refractivity contribution in [2.24, 2.45) is 7.05 Å². The smallest absolute Gasteiger partial charge is 0.335 e. The first-order valence-corrected chi connectivity index (χ1v) is 9.28. The van der Waals surface area contributed by atoms with Crippen molar-refractivity contribution >= 4 is 22.6 Å². The number of aromatic carboxylic acids is 1. The molecule has 0 radical (unpaired) electrons. The highest BCUT2D eigenvalue weighted by atomic mass is 16.4. The minimum Gasteiger partial charge on any atom is -0.478 e. The van der Waals surface area contributed by atoms with E-state index >= 15 is 0 Å². The van der Waals surface area contributed by atoms with E-state index in [1.807, 2.05) is 31.3 Å². The number of aromatic nitrogens is 1. The first kappa shape index (κ1) is 16.7. The molecular weight excluding hydrogens is 324 g/mol. The first-order chi connectivity index (χ1) is 12.6. The summed E-state index contributed by atoms with van der Waals surface area (Å²) in [4.78, 5) is 11.4. The number of anilines is 1. The number of fused-ring (bicyclic) bond motifs is 1. The van der Waals surface area contributed by atoms with E-state index < -0.39 is 5.97 Å². The number of nitrogens with zero attached hydrogens (tertiary/aromatic N) is 1. The zero-order valence-electron chi connectivity index (χ0n) is 15.0. The quantitative estimate of drug-likeness (QED) is 0.641. The molecule has 2 aromatic carbocycles. The van der Waals surface area contributed by atoms with Crippen LogP contribution in [0.15, 0.2) is 42.5 Å². The Morgan fingerprint density at radius 2 is 1.85 bits per heavy atom. The van der Waals surface area contributed by atoms with Crippen molar-refractivity contribution in [2.45, 2.75) is 38.0 Å². The number of para-hydroxylation sites is 1. The van der Waals surface area contributed by atoms with Crippen molar-refractivity contribution in [1.82, 2.24) is 4.57 Å². The summed E-state index contributed by atoms with van der Waals surface area (Å²) in [6.45, 7) is 0. The summed E-state index contributed by atoms with van der Waals surface area (Å²) in [7, 11) is 2.02. The molecule has 1 fully saturated rings. The highest BCUT2D eigenvalue weighted by Crippen LogP contribution is 2.44. The van der Waals surface area contributed by atoms with Crippen LogP contribution < -0.4 is 5.73 Å². The number of nitrogens with two attached hydrogens (primary N) is 1. The van der Waals surface area contributed by atoms with Gasteiger partial charge in [0.15, 0.2) is 0 Å². The topological polar surface area (TPSA) is 68.2 Å². The number of hydrogen-bond donors (Lipinski definition) is 2. The standard InChI is InChI=1S/C22H24N2O2/c1-24-19-13-15(22(25)26)11-12-17(19)20(14-7-3-2-4-8-14)21(24)16-9-5-6-10-18(16)23/h5-6,9-14H,2-4,7-8,23H2,1H3,(H,25,26). The lowest BCUT2D eigenvalue weighted by Crippen LogP contribution is -2.07. The lowest BCUT2D eigenvalue weighted by Gasteiger charge is -2.23. The van der Waals surface area contributed by atoms with Crippen LogP contribution in [-0.2, 0) is 7.05 Å². The Balaban J connectivity index is 2.03. The zero-order valence-corrected chi connectivity index (χ0v) is 15.0. The molecule has 0 bridgehead atoms. The van der Waals surface area contributed by atoms with Crippen molar-refractivity contribution in [3.05, 3.63) is 53.6 Å². The van der Waals surface area contributed by atoms with Crippen LogP contribution >= 0.6 is 0 Å². The summed E-state index contributed by atoms with van der Waals surface area (Å²) in [6, 6.07) is 13.4. The molecule has 3 aromatic rings. The van der Waals surface area contributed by atoms with E-state index in [1.54, 1.807) is 12.1 Å². The second kappa shape index (κ2) is 6.52. The second-order valence-electron chi connectivity index (χ2n) is 7.28. The Bertz CT molecular complexity index is 981. The SMILES string of the molecule is Cn1c(-c2ccccc2N)c(C2CCCCC2)c2ccc(C(=O)O)cc21. The molecule has 0 saturated heterocycles. The summed E-state index contributed by atoms with van der Waals surface area (Å²) in [6.07, 6.45) is 6.16. The zero-order chi connectivity index (χ0) is 18.3. The van der Waals surface area contributed by atoms with Crippen LogP contribution in [0.2, 0.25) is 0 Å². The number of carboxylic acids is 1. The maximum Gasteiger partial charge on any atom is 0.335 e. The number of carbonyl (C=O) groups is 1. The molecule has 0 spiro atoms. The van der Waals surface area contributed by atoms with E-state index in [9.17, 15) is 9.90 Å². The maximum absolute atomic E-state index is 11.4. The number of nitrogen functional groups attached to an aromatic ring is 1. The van der Waals surface area contributed by atoms with Gasteiger partial charge in [-0.25, -0.2) is 4.79 Å². The molecule has 26 heavy (non-hydrogen) atoms. The molecule has 0 amide bonds. The number of carboxylic acid groups (broad SMARTS) is 1. The van der Waals surface area contributed by atoms with Crippen molar-refractivity contribution in [2.75, 3.05) is 5.73 Å². The average molecular weight is 348 g/mol. The molecule has 134 valence electrons. The molecule has 0 atom stereocenters. The number of hydrogen-bond acceptors (Lipinski definition) is 2. The van der Waals surface area contributed by atoms with E-state index in [4.69, 9.17) is 5.73 Å². The summed E-state index contributed by atoms with van der Waals surface area (Å²) in [5, 5.41) is 10.5. The summed E-state index contributed by atoms with van der Waals surface area (Å²) in [5.41, 5.74) is 11.8. The van der Waals surface area contributed by atoms with Gasteiger partial charge in [-0.3, -0.25) is 0 Å². The van der Waals surface area contributed by atoms with Gasteiger partial charge < -0.3 is 15.4 Å². The molecule has 4 nitrogen and oxygen atoms in total. The Hall–Kier alpha value is -2.75. The van der Waals surface area contributed by atoms with Gasteiger partial charge in [-0.05, 0) is 42.5 Å². The van der Waals surface area contributed by atoms with Crippen molar-refractivity contribution in [3.63, 3.8) is 0 Å². The van der Waals surface area contributed by atoms with Crippen molar-refractivity contribution in [1.29, 1.82) is 0 Å². The number of benzene rings is 2. The monoisotopic (exact) mass is 348 g/mol. The molecule has 3 N–H and O–H groups in total. The fraction of sp³-hybridized carbons (Fsp3) is 0.318. The minimum absolute atomic E-state index is 0.320. The number of rotatable bonds is 3. The molecule has 0 unspecified atom stereocenters. The molecule has 4 heteroatoms. The lowest BCUT2D eigenvalue weighted by molar-refractivity contribution is 0.0697. The van der Waals surface area contributed by atoms with Crippen LogP contribution in [0, 0.1) is 0 Å². The van der Waals surface area contributed by atoms with Gasteiger partial charge in [-0.1, -0.05) is 43.5 Å². The van der Waals surface area contributed by atoms with Crippen molar-refractivity contribution < 1.29 is 9.90 Å². The molecule has 1 heterocycles. The van der Waals surface area contributed by atoms with Crippen molar-refractivity contribution in [3.8, 4) is 11.3 Å². The highest BCUT2D eigenvalue weighted by Gasteiger charge is 2.26. The van der Waals surface area contributed by atoms with Crippen LogP contribution in [-0.4, -0.2) is 15.6 Å². The normalized spacial score (nSPS) is 15.4. The molecule has 4 rings (SSSR count). The Morgan fingerprint density at radius 3 is 2.54 bits per heavy atom. The van der Waals surface area contributed by atoms with Gasteiger partial charge >= 0.3 is 5.97 Å². The summed E-state index contributed by atoms with van der Waals surface area (Å²) < 4.78 is 2.12. The Kier molecular flexibility index (Phi) is 4.19. The van der Waals surface area contributed by atoms with Gasteiger partial charge in [0.2, 0.25) is 0 Å². The predicted octanol–water partition coefficient (Wildman–Crippen LogP) is 5.17. The van der Waals surface area contributed by atoms with Gasteiger partial charge in [0.1, 0.15) is 0 Å². The van der Waals surface area contributed by atoms with E-state index in [2.05, 4.69) is 10.6 Å². The van der Waals surface area contributed by atoms with Gasteiger partial charge in [0, 0.05) is 29.2 Å². The van der Waals surface area contributed by atoms with Crippen LogP contribution in [0.3, 0.4) is 0 Å². The van der Waals surface area contributed by atoms with E-state index in [-0.39, 0.29) is 0 Å². The van der Waals surface area contributed by atoms with E-state index in [1.165, 1.54) is 37.7 Å². The number of aryl methyl sites for hydroxylation is 1. The molecule has 1 aliphatic rings. The molecule has 0 aliphatic heterocycles. The van der Waals surface area contributed by atoms with E-state index in [0.717, 1.165) is 27.8 Å². The average Bonchev–Trinajstić information content (AvgIpc) is 2.95. The fourth-order valence-electron chi connectivity index (χ4n) is 4.44. The molecule has 1 saturated carbocycles. The summed E-state index contributed by atoms with van der Waals surface area (Å²) >= 11 is 0. The van der Waals surface area contributed by atoms with Crippen LogP contribution in [0.5, 0.6) is 0 Å². The van der Waals surface area contributed by atoms with Gasteiger partial charge in [-0.15, -0.1) is 0 Å². The van der Waals surface area contributed by atoms with Crippen LogP contribution in [0.25, 0.3) is 22.2 Å². The van der Waals surface area contributed by atoms with E-state index in [0.29, 0.717) is 11.5 Å². The fourth-order valence-corrected chi connectivity index (χ4v) is 4.44. The predicted molar refractivity (Wildman–Crippen MR) is 106 cm³/mol. The van der Waals surface area contributed by atoms with Gasteiger partial charge in [0.25, 0.3) is 0 Å².